The summed E-state index contributed by atoms with van der Waals surface area (Å²) in [6.45, 7) is 2.12. The summed E-state index contributed by atoms with van der Waals surface area (Å²) in [6, 6.07) is 10.6. The van der Waals surface area contributed by atoms with Crippen molar-refractivity contribution in [2.45, 2.75) is 4.21 Å². The first-order chi connectivity index (χ1) is 12.8. The van der Waals surface area contributed by atoms with E-state index < -0.39 is 10.0 Å². The third-order valence-corrected chi connectivity index (χ3v) is 8.22. The van der Waals surface area contributed by atoms with Gasteiger partial charge in [0.25, 0.3) is 10.0 Å². The van der Waals surface area contributed by atoms with Gasteiger partial charge in [0.1, 0.15) is 4.21 Å². The van der Waals surface area contributed by atoms with Gasteiger partial charge < -0.3 is 9.80 Å². The average Bonchev–Trinajstić information content (AvgIpc) is 3.09. The molecule has 0 atom stereocenters. The Kier molecular flexibility index (Phi) is 6.32. The topological polar surface area (TPSA) is 60.9 Å². The van der Waals surface area contributed by atoms with Crippen molar-refractivity contribution in [2.75, 3.05) is 44.7 Å². The Morgan fingerprint density at radius 1 is 1.11 bits per heavy atom. The Hall–Kier alpha value is -1.32. The van der Waals surface area contributed by atoms with E-state index in [9.17, 15) is 13.2 Å². The van der Waals surface area contributed by atoms with Crippen molar-refractivity contribution >= 4 is 56.2 Å². The highest BCUT2D eigenvalue weighted by Crippen LogP contribution is 2.28. The summed E-state index contributed by atoms with van der Waals surface area (Å²) in [4.78, 5) is 16.4. The van der Waals surface area contributed by atoms with Crippen LogP contribution in [0, 0.1) is 0 Å². The fraction of sp³-hybridized carbons (Fsp3) is 0.353. The lowest BCUT2D eigenvalue weighted by atomic mass is 10.2. The number of para-hydroxylation sites is 1. The van der Waals surface area contributed by atoms with E-state index in [0.717, 1.165) is 21.3 Å². The van der Waals surface area contributed by atoms with Crippen molar-refractivity contribution in [3.05, 3.63) is 45.8 Å². The van der Waals surface area contributed by atoms with Gasteiger partial charge in [-0.1, -0.05) is 35.3 Å². The van der Waals surface area contributed by atoms with Crippen LogP contribution < -0.4 is 4.90 Å². The molecule has 0 aliphatic carbocycles. The number of hydrogen-bond donors (Lipinski definition) is 0. The van der Waals surface area contributed by atoms with Gasteiger partial charge in [-0.15, -0.1) is 11.3 Å². The minimum atomic E-state index is -3.72. The normalized spacial score (nSPS) is 15.4. The summed E-state index contributed by atoms with van der Waals surface area (Å²) in [5.74, 6) is -0.220. The van der Waals surface area contributed by atoms with Crippen LogP contribution >= 0.6 is 34.5 Å². The molecule has 0 unspecified atom stereocenters. The van der Waals surface area contributed by atoms with Crippen LogP contribution in [0.2, 0.25) is 9.36 Å². The van der Waals surface area contributed by atoms with E-state index in [2.05, 4.69) is 4.90 Å². The summed E-state index contributed by atoms with van der Waals surface area (Å²) < 4.78 is 26.6. The number of halogens is 2. The highest BCUT2D eigenvalue weighted by molar-refractivity contribution is 7.91. The Morgan fingerprint density at radius 2 is 1.78 bits per heavy atom. The molecule has 0 saturated carbocycles. The number of sulfonamides is 1. The maximum absolute atomic E-state index is 12.6. The minimum Gasteiger partial charge on any atom is -0.367 e. The lowest BCUT2D eigenvalue weighted by Crippen LogP contribution is -2.51. The number of thiophene rings is 1. The van der Waals surface area contributed by atoms with Crippen LogP contribution in [0.4, 0.5) is 5.69 Å². The fourth-order valence-corrected chi connectivity index (χ4v) is 5.94. The maximum atomic E-state index is 12.6. The first kappa shape index (κ1) is 20.4. The molecule has 0 radical (unpaired) electrons. The van der Waals surface area contributed by atoms with Crippen LogP contribution in [0.5, 0.6) is 0 Å². The van der Waals surface area contributed by atoms with Crippen LogP contribution in [0.1, 0.15) is 0 Å². The second-order valence-corrected chi connectivity index (χ2v) is 10.5. The molecule has 0 N–H and O–H groups in total. The molecule has 0 bridgehead atoms. The Labute approximate surface area is 172 Å². The Balaban J connectivity index is 1.59. The number of hydrogen-bond acceptors (Lipinski definition) is 5. The van der Waals surface area contributed by atoms with Crippen LogP contribution in [-0.4, -0.2) is 63.3 Å². The predicted molar refractivity (Wildman–Crippen MR) is 109 cm³/mol. The molecule has 1 aromatic carbocycles. The van der Waals surface area contributed by atoms with E-state index in [-0.39, 0.29) is 16.7 Å². The molecule has 10 heteroatoms. The first-order valence-corrected chi connectivity index (χ1v) is 11.3. The molecule has 27 heavy (non-hydrogen) atoms. The molecule has 1 fully saturated rings. The van der Waals surface area contributed by atoms with E-state index in [1.807, 2.05) is 24.3 Å². The SMILES string of the molecule is CN(CC(=O)N1CCN(c2ccccc2Cl)CC1)S(=O)(=O)c1ccc(Cl)s1. The van der Waals surface area contributed by atoms with Gasteiger partial charge in [0.2, 0.25) is 5.91 Å². The summed E-state index contributed by atoms with van der Waals surface area (Å²) in [5, 5.41) is 0.678. The molecular formula is C17H19Cl2N3O3S2. The zero-order valence-electron chi connectivity index (χ0n) is 14.6. The first-order valence-electron chi connectivity index (χ1n) is 8.28. The summed E-state index contributed by atoms with van der Waals surface area (Å²) >= 11 is 13.0. The quantitative estimate of drug-likeness (QED) is 0.706. The molecule has 1 aromatic heterocycles. The monoisotopic (exact) mass is 447 g/mol. The summed E-state index contributed by atoms with van der Waals surface area (Å²) in [5.41, 5.74) is 0.945. The molecule has 2 aromatic rings. The Morgan fingerprint density at radius 3 is 2.37 bits per heavy atom. The predicted octanol–water partition coefficient (Wildman–Crippen LogP) is 3.02. The molecule has 0 spiro atoms. The van der Waals surface area contributed by atoms with Crippen LogP contribution in [0.15, 0.2) is 40.6 Å². The molecule has 146 valence electrons. The number of carbonyl (C=O) groups excluding carboxylic acids is 1. The second-order valence-electron chi connectivity index (χ2n) is 6.14. The molecule has 1 amide bonds. The summed E-state index contributed by atoms with van der Waals surface area (Å²) in [7, 11) is -2.32. The number of piperazine rings is 1. The van der Waals surface area contributed by atoms with E-state index in [1.165, 1.54) is 19.2 Å². The lowest BCUT2D eigenvalue weighted by Gasteiger charge is -2.37. The number of nitrogens with zero attached hydrogens (tertiary/aromatic N) is 3. The number of benzene rings is 1. The van der Waals surface area contributed by atoms with E-state index in [0.29, 0.717) is 35.5 Å². The maximum Gasteiger partial charge on any atom is 0.252 e. The van der Waals surface area contributed by atoms with Crippen LogP contribution in [-0.2, 0) is 14.8 Å². The highest BCUT2D eigenvalue weighted by atomic mass is 35.5. The highest BCUT2D eigenvalue weighted by Gasteiger charge is 2.28. The molecule has 3 rings (SSSR count). The smallest absolute Gasteiger partial charge is 0.252 e. The van der Waals surface area contributed by atoms with E-state index in [1.54, 1.807) is 4.90 Å². The van der Waals surface area contributed by atoms with Crippen molar-refractivity contribution < 1.29 is 13.2 Å². The van der Waals surface area contributed by atoms with Gasteiger partial charge >= 0.3 is 0 Å². The van der Waals surface area contributed by atoms with Crippen molar-refractivity contribution in [1.82, 2.24) is 9.21 Å². The third kappa shape index (κ3) is 4.57. The zero-order chi connectivity index (χ0) is 19.6. The standard InChI is InChI=1S/C17H19Cl2N3O3S2/c1-20(27(24,25)17-7-6-15(19)26-17)12-16(23)22-10-8-21(9-11-22)14-5-3-2-4-13(14)18/h2-7H,8-12H2,1H3. The summed E-state index contributed by atoms with van der Waals surface area (Å²) in [6.07, 6.45) is 0. The van der Waals surface area contributed by atoms with Crippen molar-refractivity contribution in [2.24, 2.45) is 0 Å². The van der Waals surface area contributed by atoms with Crippen molar-refractivity contribution in [3.8, 4) is 0 Å². The van der Waals surface area contributed by atoms with Gasteiger partial charge in [-0.3, -0.25) is 4.79 Å². The molecule has 1 aliphatic heterocycles. The van der Waals surface area contributed by atoms with Gasteiger partial charge in [0.15, 0.2) is 0 Å². The van der Waals surface area contributed by atoms with Crippen molar-refractivity contribution in [3.63, 3.8) is 0 Å². The largest absolute Gasteiger partial charge is 0.367 e. The number of likely N-dealkylation sites (N-methyl/N-ethyl adjacent to an activating group) is 1. The molecule has 1 saturated heterocycles. The van der Waals surface area contributed by atoms with E-state index in [4.69, 9.17) is 23.2 Å². The van der Waals surface area contributed by atoms with Crippen LogP contribution in [0.25, 0.3) is 0 Å². The van der Waals surface area contributed by atoms with Gasteiger partial charge in [-0.05, 0) is 24.3 Å². The molecule has 1 aliphatic rings. The molecule has 6 nitrogen and oxygen atoms in total. The number of amides is 1. The fourth-order valence-electron chi connectivity index (χ4n) is 2.87. The third-order valence-electron chi connectivity index (χ3n) is 4.40. The lowest BCUT2D eigenvalue weighted by molar-refractivity contribution is -0.131. The van der Waals surface area contributed by atoms with Gasteiger partial charge in [-0.25, -0.2) is 8.42 Å². The van der Waals surface area contributed by atoms with Gasteiger partial charge in [-0.2, -0.15) is 4.31 Å². The molecule has 2 heterocycles. The minimum absolute atomic E-state index is 0.131. The molecular weight excluding hydrogens is 429 g/mol. The van der Waals surface area contributed by atoms with Gasteiger partial charge in [0.05, 0.1) is 21.6 Å². The van der Waals surface area contributed by atoms with Crippen molar-refractivity contribution in [1.29, 1.82) is 0 Å². The number of anilines is 1. The second kappa shape index (κ2) is 8.36. The number of carbonyl (C=O) groups is 1. The van der Waals surface area contributed by atoms with Gasteiger partial charge in [0, 0.05) is 33.2 Å². The zero-order valence-corrected chi connectivity index (χ0v) is 17.8. The Bertz CT molecular complexity index is 925. The van der Waals surface area contributed by atoms with Crippen LogP contribution in [0.3, 0.4) is 0 Å². The van der Waals surface area contributed by atoms with E-state index >= 15 is 0 Å². The number of rotatable bonds is 5. The average molecular weight is 448 g/mol.